The van der Waals surface area contributed by atoms with Crippen molar-refractivity contribution in [2.75, 3.05) is 6.54 Å². The Bertz CT molecular complexity index is 466. The molecule has 1 aromatic rings. The molecular weight excluding hydrogens is 210 g/mol. The summed E-state index contributed by atoms with van der Waals surface area (Å²) >= 11 is 0. The molecule has 0 aliphatic carbocycles. The van der Waals surface area contributed by atoms with Gasteiger partial charge in [0.05, 0.1) is 0 Å². The lowest BCUT2D eigenvalue weighted by Crippen LogP contribution is -2.37. The fourth-order valence-electron chi connectivity index (χ4n) is 2.47. The summed E-state index contributed by atoms with van der Waals surface area (Å²) in [5, 5.41) is 1.89. The van der Waals surface area contributed by atoms with Gasteiger partial charge in [0, 0.05) is 31.3 Å². The van der Waals surface area contributed by atoms with Gasteiger partial charge in [-0.25, -0.2) is 9.36 Å². The highest BCUT2D eigenvalue weighted by Gasteiger charge is 2.38. The van der Waals surface area contributed by atoms with Gasteiger partial charge in [0.1, 0.15) is 0 Å². The van der Waals surface area contributed by atoms with Crippen molar-refractivity contribution < 1.29 is 4.84 Å². The van der Waals surface area contributed by atoms with E-state index in [1.807, 2.05) is 5.06 Å². The Morgan fingerprint density at radius 2 is 2.31 bits per heavy atom. The molecule has 0 aromatic carbocycles. The summed E-state index contributed by atoms with van der Waals surface area (Å²) in [4.78, 5) is 31.2. The summed E-state index contributed by atoms with van der Waals surface area (Å²) in [6, 6.07) is 1.70. The van der Waals surface area contributed by atoms with Gasteiger partial charge in [-0.2, -0.15) is 5.06 Å². The van der Waals surface area contributed by atoms with E-state index in [4.69, 9.17) is 4.84 Å². The Morgan fingerprint density at radius 3 is 3.06 bits per heavy atom. The fourth-order valence-corrected chi connectivity index (χ4v) is 2.47. The van der Waals surface area contributed by atoms with Crippen LogP contribution in [0.25, 0.3) is 0 Å². The quantitative estimate of drug-likeness (QED) is 0.718. The lowest BCUT2D eigenvalue weighted by atomic mass is 10.1. The predicted octanol–water partition coefficient (Wildman–Crippen LogP) is -0.165. The number of H-pyrrole nitrogens is 1. The number of rotatable bonds is 1. The van der Waals surface area contributed by atoms with Crippen LogP contribution in [0.3, 0.4) is 0 Å². The van der Waals surface area contributed by atoms with Crippen LogP contribution in [0.1, 0.15) is 25.5 Å². The van der Waals surface area contributed by atoms with Crippen LogP contribution in [0, 0.1) is 0 Å². The molecule has 2 unspecified atom stereocenters. The molecule has 0 spiro atoms. The van der Waals surface area contributed by atoms with Crippen molar-refractivity contribution in [2.24, 2.45) is 0 Å². The fraction of sp³-hybridized carbons (Fsp3) is 0.600. The number of hydrogen-bond donors (Lipinski definition) is 1. The van der Waals surface area contributed by atoms with E-state index in [1.165, 1.54) is 12.3 Å². The number of hydrogen-bond acceptors (Lipinski definition) is 4. The molecule has 0 radical (unpaired) electrons. The van der Waals surface area contributed by atoms with E-state index in [0.717, 1.165) is 24.0 Å². The van der Waals surface area contributed by atoms with E-state index in [0.29, 0.717) is 12.5 Å². The lowest BCUT2D eigenvalue weighted by molar-refractivity contribution is -0.172. The SMILES string of the molecule is O=c1cc[nH]c(=O)n1C1CC2CCCN2O1. The van der Waals surface area contributed by atoms with Gasteiger partial charge >= 0.3 is 5.69 Å². The first-order chi connectivity index (χ1) is 7.75. The van der Waals surface area contributed by atoms with Crippen LogP contribution < -0.4 is 11.2 Å². The van der Waals surface area contributed by atoms with E-state index in [1.54, 1.807) is 0 Å². The number of aromatic nitrogens is 2. The highest BCUT2D eigenvalue weighted by atomic mass is 16.7. The molecule has 86 valence electrons. The molecule has 6 heteroatoms. The van der Waals surface area contributed by atoms with Crippen LogP contribution in [0.5, 0.6) is 0 Å². The monoisotopic (exact) mass is 223 g/mol. The zero-order chi connectivity index (χ0) is 11.1. The lowest BCUT2D eigenvalue weighted by Gasteiger charge is -2.14. The maximum Gasteiger partial charge on any atom is 0.330 e. The molecule has 2 fully saturated rings. The number of nitrogens with one attached hydrogen (secondary N) is 1. The average molecular weight is 223 g/mol. The molecule has 2 saturated heterocycles. The maximum absolute atomic E-state index is 11.6. The molecule has 0 bridgehead atoms. The first-order valence-corrected chi connectivity index (χ1v) is 5.49. The smallest absolute Gasteiger partial charge is 0.314 e. The summed E-state index contributed by atoms with van der Waals surface area (Å²) < 4.78 is 1.15. The van der Waals surface area contributed by atoms with E-state index in [2.05, 4.69) is 4.98 Å². The minimum atomic E-state index is -0.442. The van der Waals surface area contributed by atoms with Crippen molar-refractivity contribution in [1.29, 1.82) is 0 Å². The molecule has 0 saturated carbocycles. The van der Waals surface area contributed by atoms with E-state index in [-0.39, 0.29) is 5.56 Å². The van der Waals surface area contributed by atoms with Gasteiger partial charge in [0.25, 0.3) is 5.56 Å². The molecule has 2 atom stereocenters. The van der Waals surface area contributed by atoms with Crippen LogP contribution in [0.15, 0.2) is 21.9 Å². The van der Waals surface area contributed by atoms with Gasteiger partial charge in [-0.15, -0.1) is 0 Å². The molecule has 3 heterocycles. The summed E-state index contributed by atoms with van der Waals surface area (Å²) in [6.07, 6.45) is 3.83. The molecule has 16 heavy (non-hydrogen) atoms. The number of aromatic amines is 1. The second kappa shape index (κ2) is 3.57. The summed E-state index contributed by atoms with van der Waals surface area (Å²) in [5.74, 6) is 0. The third-order valence-corrected chi connectivity index (χ3v) is 3.23. The third kappa shape index (κ3) is 1.42. The number of fused-ring (bicyclic) bond motifs is 1. The average Bonchev–Trinajstić information content (AvgIpc) is 2.77. The van der Waals surface area contributed by atoms with Crippen molar-refractivity contribution in [3.05, 3.63) is 33.1 Å². The van der Waals surface area contributed by atoms with Crippen molar-refractivity contribution in [3.8, 4) is 0 Å². The zero-order valence-corrected chi connectivity index (χ0v) is 8.76. The summed E-state index contributed by atoms with van der Waals surface area (Å²) in [5.41, 5.74) is -0.714. The molecule has 2 aliphatic rings. The standard InChI is InChI=1S/C10H13N3O3/c14-8-3-4-11-10(15)13(8)9-6-7-2-1-5-12(7)16-9/h3-4,7,9H,1-2,5-6H2,(H,11,15). The maximum atomic E-state index is 11.6. The topological polar surface area (TPSA) is 67.3 Å². The minimum absolute atomic E-state index is 0.310. The van der Waals surface area contributed by atoms with Crippen LogP contribution in [-0.2, 0) is 4.84 Å². The van der Waals surface area contributed by atoms with Gasteiger partial charge in [-0.3, -0.25) is 9.63 Å². The molecule has 0 amide bonds. The van der Waals surface area contributed by atoms with Crippen LogP contribution in [-0.4, -0.2) is 27.2 Å². The van der Waals surface area contributed by atoms with Crippen molar-refractivity contribution >= 4 is 0 Å². The van der Waals surface area contributed by atoms with E-state index < -0.39 is 11.9 Å². The molecule has 6 nitrogen and oxygen atoms in total. The Hall–Kier alpha value is -1.40. The van der Waals surface area contributed by atoms with Gasteiger partial charge in [0.15, 0.2) is 6.23 Å². The van der Waals surface area contributed by atoms with E-state index in [9.17, 15) is 9.59 Å². The molecule has 1 aromatic heterocycles. The molecule has 3 rings (SSSR count). The van der Waals surface area contributed by atoms with Crippen LogP contribution >= 0.6 is 0 Å². The number of hydroxylamine groups is 2. The first-order valence-electron chi connectivity index (χ1n) is 5.49. The minimum Gasteiger partial charge on any atom is -0.314 e. The van der Waals surface area contributed by atoms with Gasteiger partial charge < -0.3 is 4.98 Å². The third-order valence-electron chi connectivity index (χ3n) is 3.23. The number of nitrogens with zero attached hydrogens (tertiary/aromatic N) is 2. The van der Waals surface area contributed by atoms with Crippen LogP contribution in [0.2, 0.25) is 0 Å². The van der Waals surface area contributed by atoms with Gasteiger partial charge in [-0.05, 0) is 12.8 Å². The van der Waals surface area contributed by atoms with Gasteiger partial charge in [0.2, 0.25) is 0 Å². The summed E-state index contributed by atoms with van der Waals surface area (Å²) in [7, 11) is 0. The zero-order valence-electron chi connectivity index (χ0n) is 8.76. The van der Waals surface area contributed by atoms with Crippen molar-refractivity contribution in [1.82, 2.24) is 14.6 Å². The largest absolute Gasteiger partial charge is 0.330 e. The van der Waals surface area contributed by atoms with Crippen LogP contribution in [0.4, 0.5) is 0 Å². The Labute approximate surface area is 91.4 Å². The molecule has 1 N–H and O–H groups in total. The van der Waals surface area contributed by atoms with Crippen molar-refractivity contribution in [2.45, 2.75) is 31.5 Å². The van der Waals surface area contributed by atoms with E-state index >= 15 is 0 Å². The Balaban J connectivity index is 1.95. The highest BCUT2D eigenvalue weighted by molar-refractivity contribution is 4.88. The first kappa shape index (κ1) is 9.80. The van der Waals surface area contributed by atoms with Crippen molar-refractivity contribution in [3.63, 3.8) is 0 Å². The highest BCUT2D eigenvalue weighted by Crippen LogP contribution is 2.33. The molecule has 2 aliphatic heterocycles. The normalized spacial score (nSPS) is 29.5. The summed E-state index contributed by atoms with van der Waals surface area (Å²) in [6.45, 7) is 0.890. The second-order valence-electron chi connectivity index (χ2n) is 4.22. The predicted molar refractivity (Wildman–Crippen MR) is 55.8 cm³/mol. The van der Waals surface area contributed by atoms with Gasteiger partial charge in [-0.1, -0.05) is 0 Å². The second-order valence-corrected chi connectivity index (χ2v) is 4.22. The molecular formula is C10H13N3O3. The Kier molecular flexibility index (Phi) is 2.19. The Morgan fingerprint density at radius 1 is 1.44 bits per heavy atom.